The van der Waals surface area contributed by atoms with Crippen molar-refractivity contribution in [1.29, 1.82) is 0 Å². The average Bonchev–Trinajstić information content (AvgIpc) is 2.79. The summed E-state index contributed by atoms with van der Waals surface area (Å²) in [5.74, 6) is 0.892. The number of ether oxygens (including phenoxy) is 2. The number of anilines is 1. The highest BCUT2D eigenvalue weighted by atomic mass is 32.2. The van der Waals surface area contributed by atoms with Crippen LogP contribution in [0.15, 0.2) is 88.9 Å². The second-order valence-corrected chi connectivity index (χ2v) is 7.96. The van der Waals surface area contributed by atoms with Crippen molar-refractivity contribution in [1.82, 2.24) is 4.83 Å². The quantitative estimate of drug-likeness (QED) is 0.394. The van der Waals surface area contributed by atoms with Crippen LogP contribution >= 0.6 is 0 Å². The molecule has 0 unspecified atom stereocenters. The molecule has 2 N–H and O–H groups in total. The highest BCUT2D eigenvalue weighted by molar-refractivity contribution is 7.89. The van der Waals surface area contributed by atoms with Gasteiger partial charge in [0, 0.05) is 5.69 Å². The molecule has 0 atom stereocenters. The lowest BCUT2D eigenvalue weighted by Gasteiger charge is -2.08. The fraction of sp³-hybridized carbons (Fsp3) is 0.0909. The average molecular weight is 439 g/mol. The van der Waals surface area contributed by atoms with Crippen LogP contribution in [0, 0.1) is 0 Å². The van der Waals surface area contributed by atoms with E-state index < -0.39 is 10.0 Å². The van der Waals surface area contributed by atoms with Crippen molar-refractivity contribution in [3.8, 4) is 11.5 Å². The highest BCUT2D eigenvalue weighted by Gasteiger charge is 2.11. The molecule has 0 bridgehead atoms. The van der Waals surface area contributed by atoms with Gasteiger partial charge >= 0.3 is 0 Å². The number of hydrogen-bond donors (Lipinski definition) is 2. The zero-order valence-corrected chi connectivity index (χ0v) is 17.5. The van der Waals surface area contributed by atoms with E-state index in [0.717, 1.165) is 0 Å². The van der Waals surface area contributed by atoms with Gasteiger partial charge in [-0.2, -0.15) is 13.5 Å². The molecule has 3 aromatic rings. The number of benzene rings is 3. The summed E-state index contributed by atoms with van der Waals surface area (Å²) in [7, 11) is -2.14. The molecular weight excluding hydrogens is 418 g/mol. The molecule has 0 aromatic heterocycles. The predicted molar refractivity (Wildman–Crippen MR) is 118 cm³/mol. The first kappa shape index (κ1) is 21.8. The molecule has 0 heterocycles. The van der Waals surface area contributed by atoms with Crippen molar-refractivity contribution in [2.75, 3.05) is 19.0 Å². The zero-order chi connectivity index (χ0) is 22.1. The van der Waals surface area contributed by atoms with E-state index in [1.165, 1.54) is 18.3 Å². The smallest absolute Gasteiger partial charge is 0.276 e. The zero-order valence-electron chi connectivity index (χ0n) is 16.7. The van der Waals surface area contributed by atoms with Gasteiger partial charge in [-0.05, 0) is 66.2 Å². The van der Waals surface area contributed by atoms with Gasteiger partial charge in [0.2, 0.25) is 0 Å². The normalized spacial score (nSPS) is 11.1. The van der Waals surface area contributed by atoms with Gasteiger partial charge in [0.25, 0.3) is 15.9 Å². The molecule has 0 aliphatic heterocycles. The molecule has 31 heavy (non-hydrogen) atoms. The van der Waals surface area contributed by atoms with Crippen molar-refractivity contribution in [3.63, 3.8) is 0 Å². The Morgan fingerprint density at radius 3 is 2.23 bits per heavy atom. The maximum absolute atomic E-state index is 12.1. The second kappa shape index (κ2) is 10.3. The lowest BCUT2D eigenvalue weighted by molar-refractivity contribution is -0.118. The van der Waals surface area contributed by atoms with Gasteiger partial charge in [-0.25, -0.2) is 4.83 Å². The van der Waals surface area contributed by atoms with Crippen LogP contribution in [0.1, 0.15) is 5.56 Å². The summed E-state index contributed by atoms with van der Waals surface area (Å²) in [6.45, 7) is -0.156. The molecule has 0 saturated heterocycles. The van der Waals surface area contributed by atoms with E-state index in [0.29, 0.717) is 22.7 Å². The molecule has 3 rings (SSSR count). The summed E-state index contributed by atoms with van der Waals surface area (Å²) < 4.78 is 34.7. The van der Waals surface area contributed by atoms with Crippen LogP contribution in [-0.4, -0.2) is 34.3 Å². The topological polar surface area (TPSA) is 106 Å². The monoisotopic (exact) mass is 439 g/mol. The number of sulfonamides is 1. The molecule has 0 saturated carbocycles. The number of rotatable bonds is 9. The Kier molecular flexibility index (Phi) is 7.23. The third-order valence-electron chi connectivity index (χ3n) is 4.06. The van der Waals surface area contributed by atoms with Crippen LogP contribution in [0.3, 0.4) is 0 Å². The predicted octanol–water partition coefficient (Wildman–Crippen LogP) is 3.03. The number of nitrogens with zero attached hydrogens (tertiary/aromatic N) is 1. The number of nitrogens with one attached hydrogen (secondary N) is 2. The fourth-order valence-electron chi connectivity index (χ4n) is 2.49. The van der Waals surface area contributed by atoms with Crippen molar-refractivity contribution in [2.45, 2.75) is 4.90 Å². The van der Waals surface area contributed by atoms with Crippen molar-refractivity contribution in [3.05, 3.63) is 84.4 Å². The highest BCUT2D eigenvalue weighted by Crippen LogP contribution is 2.15. The van der Waals surface area contributed by atoms with Crippen LogP contribution in [0.4, 0.5) is 5.69 Å². The maximum Gasteiger partial charge on any atom is 0.276 e. The van der Waals surface area contributed by atoms with E-state index in [2.05, 4.69) is 15.2 Å². The first-order valence-corrected chi connectivity index (χ1v) is 10.7. The molecule has 0 fully saturated rings. The summed E-state index contributed by atoms with van der Waals surface area (Å²) >= 11 is 0. The summed E-state index contributed by atoms with van der Waals surface area (Å²) in [6.07, 6.45) is 1.38. The minimum atomic E-state index is -3.71. The van der Waals surface area contributed by atoms with Crippen LogP contribution in [0.25, 0.3) is 0 Å². The van der Waals surface area contributed by atoms with Gasteiger partial charge in [-0.3, -0.25) is 4.79 Å². The number of hydrogen-bond acceptors (Lipinski definition) is 6. The largest absolute Gasteiger partial charge is 0.497 e. The lowest BCUT2D eigenvalue weighted by Crippen LogP contribution is -2.20. The fourth-order valence-corrected chi connectivity index (χ4v) is 3.31. The molecule has 0 aliphatic carbocycles. The Bertz CT molecular complexity index is 1130. The van der Waals surface area contributed by atoms with Crippen molar-refractivity contribution < 1.29 is 22.7 Å². The van der Waals surface area contributed by atoms with Crippen LogP contribution in [0.2, 0.25) is 0 Å². The SMILES string of the molecule is COc1ccc(NC(=O)COc2ccc(/C=N\NS(=O)(=O)c3ccccc3)cc2)cc1. The number of carbonyl (C=O) groups is 1. The molecule has 1 amide bonds. The number of methoxy groups -OCH3 is 1. The van der Waals surface area contributed by atoms with Gasteiger partial charge < -0.3 is 14.8 Å². The summed E-state index contributed by atoms with van der Waals surface area (Å²) in [5.41, 5.74) is 1.30. The van der Waals surface area contributed by atoms with Gasteiger partial charge in [0.15, 0.2) is 6.61 Å². The molecular formula is C22H21N3O5S. The number of amides is 1. The number of hydrazone groups is 1. The lowest BCUT2D eigenvalue weighted by atomic mass is 10.2. The Balaban J connectivity index is 1.48. The van der Waals surface area contributed by atoms with Gasteiger partial charge in [-0.1, -0.05) is 18.2 Å². The first-order chi connectivity index (χ1) is 15.0. The molecule has 0 aliphatic rings. The van der Waals surface area contributed by atoms with Crippen LogP contribution in [0.5, 0.6) is 11.5 Å². The molecule has 9 heteroatoms. The van der Waals surface area contributed by atoms with E-state index in [-0.39, 0.29) is 17.4 Å². The van der Waals surface area contributed by atoms with Gasteiger partial charge in [-0.15, -0.1) is 0 Å². The van der Waals surface area contributed by atoms with Crippen LogP contribution < -0.4 is 19.6 Å². The number of carbonyl (C=O) groups excluding carboxylic acids is 1. The molecule has 0 radical (unpaired) electrons. The van der Waals surface area contributed by atoms with Crippen LogP contribution in [-0.2, 0) is 14.8 Å². The maximum atomic E-state index is 12.1. The molecule has 0 spiro atoms. The van der Waals surface area contributed by atoms with E-state index in [1.54, 1.807) is 73.8 Å². The van der Waals surface area contributed by atoms with Gasteiger partial charge in [0.05, 0.1) is 18.2 Å². The van der Waals surface area contributed by atoms with E-state index in [9.17, 15) is 13.2 Å². The van der Waals surface area contributed by atoms with E-state index in [4.69, 9.17) is 9.47 Å². The summed E-state index contributed by atoms with van der Waals surface area (Å²) in [6, 6.07) is 21.6. The minimum absolute atomic E-state index is 0.129. The standard InChI is InChI=1S/C22H21N3O5S/c1-29-19-13-9-18(10-14-19)24-22(26)16-30-20-11-7-17(8-12-20)15-23-25-31(27,28)21-5-3-2-4-6-21/h2-15,25H,16H2,1H3,(H,24,26)/b23-15-. The third-order valence-corrected chi connectivity index (χ3v) is 5.30. The minimum Gasteiger partial charge on any atom is -0.497 e. The van der Waals surface area contributed by atoms with Gasteiger partial charge in [0.1, 0.15) is 11.5 Å². The molecule has 3 aromatic carbocycles. The Morgan fingerprint density at radius 1 is 0.935 bits per heavy atom. The third kappa shape index (κ3) is 6.58. The molecule has 8 nitrogen and oxygen atoms in total. The summed E-state index contributed by atoms with van der Waals surface area (Å²) in [4.78, 5) is 14.3. The van der Waals surface area contributed by atoms with Crippen molar-refractivity contribution >= 4 is 27.8 Å². The Morgan fingerprint density at radius 2 is 1.58 bits per heavy atom. The Labute approximate surface area is 180 Å². The summed E-state index contributed by atoms with van der Waals surface area (Å²) in [5, 5.41) is 6.50. The first-order valence-electron chi connectivity index (χ1n) is 9.23. The van der Waals surface area contributed by atoms with Crippen molar-refractivity contribution in [2.24, 2.45) is 5.10 Å². The molecule has 160 valence electrons. The second-order valence-electron chi connectivity index (χ2n) is 6.30. The van der Waals surface area contributed by atoms with E-state index in [1.807, 2.05) is 0 Å². The van der Waals surface area contributed by atoms with E-state index >= 15 is 0 Å². The Hall–Kier alpha value is -3.85.